The Morgan fingerprint density at radius 3 is 2.08 bits per heavy atom. The number of hydrogen-bond donors (Lipinski definition) is 0. The molecule has 40 heavy (non-hydrogen) atoms. The molecule has 2 saturated heterocycles. The van der Waals surface area contributed by atoms with Gasteiger partial charge >= 0.3 is 12.4 Å². The number of nitrogens with zero attached hydrogens (tertiary/aromatic N) is 2. The lowest BCUT2D eigenvalue weighted by Gasteiger charge is -2.50. The van der Waals surface area contributed by atoms with Gasteiger partial charge in [0.25, 0.3) is 5.91 Å². The summed E-state index contributed by atoms with van der Waals surface area (Å²) in [5, 5.41) is 0. The second-order valence-electron chi connectivity index (χ2n) is 11.9. The van der Waals surface area contributed by atoms with Crippen LogP contribution in [-0.4, -0.2) is 47.4 Å². The fourth-order valence-corrected chi connectivity index (χ4v) is 7.22. The lowest BCUT2D eigenvalue weighted by molar-refractivity contribution is -0.143. The molecule has 1 spiro atoms. The van der Waals surface area contributed by atoms with Gasteiger partial charge in [0.1, 0.15) is 0 Å². The number of halogens is 6. The molecule has 2 aliphatic heterocycles. The van der Waals surface area contributed by atoms with Gasteiger partial charge in [-0.25, -0.2) is 0 Å². The number of carbonyl (C=O) groups excluding carboxylic acids is 1. The van der Waals surface area contributed by atoms with Gasteiger partial charge in [0.15, 0.2) is 0 Å². The number of rotatable bonds is 4. The maximum atomic E-state index is 13.7. The summed E-state index contributed by atoms with van der Waals surface area (Å²) in [5.74, 6) is -0.779. The molecule has 2 aromatic rings. The van der Waals surface area contributed by atoms with Crippen LogP contribution < -0.4 is 0 Å². The predicted octanol–water partition coefficient (Wildman–Crippen LogP) is 7.99. The normalized spacial score (nSPS) is 24.3. The van der Waals surface area contributed by atoms with E-state index >= 15 is 0 Å². The van der Waals surface area contributed by atoms with Crippen LogP contribution in [0.15, 0.2) is 48.5 Å². The number of carbonyl (C=O) groups is 1. The molecular formula is C31H36F6N2O. The first-order valence-electron chi connectivity index (χ1n) is 14.3. The highest BCUT2D eigenvalue weighted by molar-refractivity contribution is 5.95. The number of piperidine rings is 2. The van der Waals surface area contributed by atoms with E-state index < -0.39 is 35.0 Å². The third kappa shape index (κ3) is 6.50. The Hall–Kier alpha value is -2.55. The van der Waals surface area contributed by atoms with Crippen molar-refractivity contribution in [3.63, 3.8) is 0 Å². The number of benzene rings is 2. The van der Waals surface area contributed by atoms with Crippen molar-refractivity contribution in [2.24, 2.45) is 5.41 Å². The minimum atomic E-state index is -5.00. The number of hydrogen-bond acceptors (Lipinski definition) is 2. The molecule has 0 N–H and O–H groups in total. The summed E-state index contributed by atoms with van der Waals surface area (Å²) in [6, 6.07) is 10.6. The zero-order chi connectivity index (χ0) is 28.5. The molecule has 3 nitrogen and oxygen atoms in total. The molecule has 3 fully saturated rings. The van der Waals surface area contributed by atoms with Gasteiger partial charge in [0.05, 0.1) is 11.1 Å². The minimum Gasteiger partial charge on any atom is -0.335 e. The molecule has 1 aliphatic carbocycles. The van der Waals surface area contributed by atoms with Gasteiger partial charge in [-0.05, 0) is 80.7 Å². The lowest BCUT2D eigenvalue weighted by atomic mass is 9.69. The molecule has 0 aromatic heterocycles. The van der Waals surface area contributed by atoms with Crippen LogP contribution in [0.4, 0.5) is 26.3 Å². The van der Waals surface area contributed by atoms with E-state index in [-0.39, 0.29) is 18.2 Å². The van der Waals surface area contributed by atoms with Gasteiger partial charge in [-0.15, -0.1) is 0 Å². The summed E-state index contributed by atoms with van der Waals surface area (Å²) in [6.45, 7) is 2.31. The van der Waals surface area contributed by atoms with Crippen molar-refractivity contribution in [2.45, 2.75) is 88.6 Å². The van der Waals surface area contributed by atoms with Crippen LogP contribution in [0.2, 0.25) is 0 Å². The van der Waals surface area contributed by atoms with Gasteiger partial charge in [-0.2, -0.15) is 26.3 Å². The highest BCUT2D eigenvalue weighted by Crippen LogP contribution is 2.44. The van der Waals surface area contributed by atoms with Crippen LogP contribution in [0.25, 0.3) is 0 Å². The summed E-state index contributed by atoms with van der Waals surface area (Å²) >= 11 is 0. The number of alkyl halides is 6. The van der Waals surface area contributed by atoms with E-state index in [1.165, 1.54) is 43.4 Å². The topological polar surface area (TPSA) is 23.6 Å². The summed E-state index contributed by atoms with van der Waals surface area (Å²) < 4.78 is 81.1. The van der Waals surface area contributed by atoms with E-state index in [1.807, 2.05) is 30.3 Å². The highest BCUT2D eigenvalue weighted by atomic mass is 19.4. The maximum Gasteiger partial charge on any atom is 0.416 e. The van der Waals surface area contributed by atoms with Gasteiger partial charge in [0.2, 0.25) is 0 Å². The molecule has 2 unspecified atom stereocenters. The van der Waals surface area contributed by atoms with Crippen molar-refractivity contribution in [3.05, 3.63) is 70.8 Å². The molecule has 1 saturated carbocycles. The first-order chi connectivity index (χ1) is 18.9. The van der Waals surface area contributed by atoms with Crippen molar-refractivity contribution in [1.29, 1.82) is 0 Å². The van der Waals surface area contributed by atoms with Crippen LogP contribution in [-0.2, 0) is 18.8 Å². The third-order valence-corrected chi connectivity index (χ3v) is 9.22. The van der Waals surface area contributed by atoms with Crippen molar-refractivity contribution >= 4 is 5.91 Å². The van der Waals surface area contributed by atoms with E-state index in [1.54, 1.807) is 0 Å². The van der Waals surface area contributed by atoms with Crippen LogP contribution >= 0.6 is 0 Å². The summed E-state index contributed by atoms with van der Waals surface area (Å²) in [6.07, 6.45) is 0.434. The molecule has 218 valence electrons. The lowest BCUT2D eigenvalue weighted by Crippen LogP contribution is -2.56. The quantitative estimate of drug-likeness (QED) is 0.350. The highest BCUT2D eigenvalue weighted by Gasteiger charge is 2.42. The molecule has 3 aliphatic rings. The second-order valence-corrected chi connectivity index (χ2v) is 11.9. The predicted molar refractivity (Wildman–Crippen MR) is 141 cm³/mol. The van der Waals surface area contributed by atoms with Crippen molar-refractivity contribution in [2.75, 3.05) is 19.6 Å². The summed E-state index contributed by atoms with van der Waals surface area (Å²) in [7, 11) is 0. The van der Waals surface area contributed by atoms with Crippen LogP contribution in [0, 0.1) is 5.41 Å². The minimum absolute atomic E-state index is 0.0713. The van der Waals surface area contributed by atoms with E-state index in [4.69, 9.17) is 0 Å². The van der Waals surface area contributed by atoms with Crippen LogP contribution in [0.3, 0.4) is 0 Å². The van der Waals surface area contributed by atoms with Crippen molar-refractivity contribution in [3.8, 4) is 0 Å². The van der Waals surface area contributed by atoms with Crippen LogP contribution in [0.5, 0.6) is 0 Å². The molecule has 9 heteroatoms. The zero-order valence-electron chi connectivity index (χ0n) is 22.5. The molecular weight excluding hydrogens is 530 g/mol. The first-order valence-corrected chi connectivity index (χ1v) is 14.3. The summed E-state index contributed by atoms with van der Waals surface area (Å²) in [4.78, 5) is 17.7. The Balaban J connectivity index is 1.42. The smallest absolute Gasteiger partial charge is 0.335 e. The molecule has 1 amide bonds. The largest absolute Gasteiger partial charge is 0.416 e. The molecule has 5 rings (SSSR count). The van der Waals surface area contributed by atoms with E-state index in [9.17, 15) is 31.1 Å². The molecule has 2 atom stereocenters. The fourth-order valence-electron chi connectivity index (χ4n) is 7.22. The third-order valence-electron chi connectivity index (χ3n) is 9.22. The molecule has 0 radical (unpaired) electrons. The average Bonchev–Trinajstić information content (AvgIpc) is 2.92. The van der Waals surface area contributed by atoms with E-state index in [2.05, 4.69) is 4.90 Å². The van der Waals surface area contributed by atoms with Gasteiger partial charge in [-0.1, -0.05) is 49.6 Å². The van der Waals surface area contributed by atoms with Gasteiger partial charge in [-0.3, -0.25) is 9.69 Å². The Kier molecular flexibility index (Phi) is 8.24. The zero-order valence-corrected chi connectivity index (χ0v) is 22.5. The summed E-state index contributed by atoms with van der Waals surface area (Å²) in [5.41, 5.74) is -2.17. The second kappa shape index (κ2) is 11.4. The van der Waals surface area contributed by atoms with Crippen LogP contribution in [0.1, 0.15) is 84.8 Å². The molecule has 0 bridgehead atoms. The monoisotopic (exact) mass is 566 g/mol. The Morgan fingerprint density at radius 1 is 0.825 bits per heavy atom. The van der Waals surface area contributed by atoms with Crippen molar-refractivity contribution in [1.82, 2.24) is 9.80 Å². The maximum absolute atomic E-state index is 13.7. The average molecular weight is 567 g/mol. The Labute approximate surface area is 231 Å². The van der Waals surface area contributed by atoms with Crippen molar-refractivity contribution < 1.29 is 31.1 Å². The van der Waals surface area contributed by atoms with Gasteiger partial charge < -0.3 is 4.90 Å². The Bertz CT molecular complexity index is 1130. The fraction of sp³-hybridized carbons (Fsp3) is 0.581. The number of amides is 1. The van der Waals surface area contributed by atoms with E-state index in [0.29, 0.717) is 43.4 Å². The van der Waals surface area contributed by atoms with Gasteiger partial charge in [0, 0.05) is 30.7 Å². The van der Waals surface area contributed by atoms with E-state index in [0.717, 1.165) is 25.1 Å². The molecule has 2 heterocycles. The molecule has 2 aromatic carbocycles. The Morgan fingerprint density at radius 2 is 1.45 bits per heavy atom. The SMILES string of the molecule is O=C(c1cc(C(F)(F)F)cc(C(F)(F)F)c1)N1CCC(N2CCCC3(CCCCC3)C2)CC1Cc1ccccc1. The standard InChI is InChI=1S/C31H36F6N2O/c32-30(33,34)24-17-23(18-25(19-24)31(35,36)37)28(40)39-15-10-26(20-27(39)16-22-8-3-1-4-9-22)38-14-7-13-29(21-38)11-5-2-6-12-29/h1,3-4,8-9,17-19,26-27H,2,5-7,10-16,20-21H2. The first kappa shape index (κ1) is 29.0. The number of likely N-dealkylation sites (tertiary alicyclic amines) is 2.